The van der Waals surface area contributed by atoms with Crippen LogP contribution in [0.2, 0.25) is 0 Å². The van der Waals surface area contributed by atoms with Crippen molar-refractivity contribution in [2.45, 2.75) is 20.8 Å². The van der Waals surface area contributed by atoms with Gasteiger partial charge in [0.1, 0.15) is 5.71 Å². The predicted octanol–water partition coefficient (Wildman–Crippen LogP) is 1.79. The van der Waals surface area contributed by atoms with Gasteiger partial charge in [-0.2, -0.15) is 0 Å². The third kappa shape index (κ3) is 1.13. The van der Waals surface area contributed by atoms with Crippen molar-refractivity contribution in [1.82, 2.24) is 0 Å². The van der Waals surface area contributed by atoms with Crippen LogP contribution in [0.4, 0.5) is 0 Å². The lowest BCUT2D eigenvalue weighted by Crippen LogP contribution is -2.25. The van der Waals surface area contributed by atoms with Crippen LogP contribution in [0.15, 0.2) is 16.3 Å². The largest absolute Gasteiger partial charge is 0.298 e. The molecule has 0 radical (unpaired) electrons. The number of nitrogens with zero attached hydrogens (tertiary/aromatic N) is 1. The first-order valence-electron chi connectivity index (χ1n) is 3.45. The number of rotatable bonds is 0. The Labute approximate surface area is 65.9 Å². The second kappa shape index (κ2) is 2.42. The van der Waals surface area contributed by atoms with Gasteiger partial charge in [0.25, 0.3) is 0 Å². The topological polar surface area (TPSA) is 60.1 Å². The highest BCUT2D eigenvalue weighted by Crippen LogP contribution is 2.13. The number of hydrogen-bond donors (Lipinski definition) is 2. The third-order valence-corrected chi connectivity index (χ3v) is 1.86. The fourth-order valence-corrected chi connectivity index (χ4v) is 0.941. The van der Waals surface area contributed by atoms with Gasteiger partial charge in [-0.3, -0.25) is 15.8 Å². The van der Waals surface area contributed by atoms with E-state index in [0.717, 1.165) is 11.3 Å². The number of nitrogens with one attached hydrogen (secondary N) is 2. The minimum atomic E-state index is 0.244. The van der Waals surface area contributed by atoms with Crippen LogP contribution in [0.3, 0.4) is 0 Å². The first-order chi connectivity index (χ1) is 5.04. The Morgan fingerprint density at radius 1 is 1.00 bits per heavy atom. The molecule has 0 amide bonds. The summed E-state index contributed by atoms with van der Waals surface area (Å²) < 4.78 is 0. The number of hydrogen-bond acceptors (Lipinski definition) is 3. The van der Waals surface area contributed by atoms with Crippen LogP contribution in [-0.4, -0.2) is 17.1 Å². The molecule has 2 N–H and O–H groups in total. The summed E-state index contributed by atoms with van der Waals surface area (Å²) >= 11 is 0. The molecule has 11 heavy (non-hydrogen) atoms. The van der Waals surface area contributed by atoms with E-state index in [4.69, 9.17) is 10.8 Å². The molecule has 3 heteroatoms. The van der Waals surface area contributed by atoms with Crippen molar-refractivity contribution in [3.63, 3.8) is 0 Å². The van der Waals surface area contributed by atoms with Gasteiger partial charge >= 0.3 is 0 Å². The maximum Gasteiger partial charge on any atom is 0.100 e. The molecule has 0 unspecified atom stereocenters. The first-order valence-corrected chi connectivity index (χ1v) is 3.45. The van der Waals surface area contributed by atoms with Crippen LogP contribution in [0, 0.1) is 10.8 Å². The van der Waals surface area contributed by atoms with Crippen LogP contribution in [0.25, 0.3) is 0 Å². The van der Waals surface area contributed by atoms with Crippen LogP contribution in [-0.2, 0) is 0 Å². The summed E-state index contributed by atoms with van der Waals surface area (Å²) in [4.78, 5) is 4.13. The predicted molar refractivity (Wildman–Crippen MR) is 46.9 cm³/mol. The molecule has 0 spiro atoms. The molecule has 1 heterocycles. The standard InChI is InChI=1S/C8H11N3/c1-4-5(2)11-6(3)8(10)7(4)9/h9-10H,1-3H3. The van der Waals surface area contributed by atoms with Crippen molar-refractivity contribution >= 4 is 17.1 Å². The van der Waals surface area contributed by atoms with E-state index < -0.39 is 0 Å². The number of aliphatic imine (C=N–C) groups is 1. The Morgan fingerprint density at radius 3 is 2.09 bits per heavy atom. The Kier molecular flexibility index (Phi) is 1.72. The van der Waals surface area contributed by atoms with Gasteiger partial charge in [0.2, 0.25) is 0 Å². The molecule has 0 bridgehead atoms. The molecule has 0 saturated carbocycles. The summed E-state index contributed by atoms with van der Waals surface area (Å²) in [6.45, 7) is 5.44. The molecule has 0 fully saturated rings. The van der Waals surface area contributed by atoms with E-state index in [1.54, 1.807) is 6.92 Å². The lowest BCUT2D eigenvalue weighted by atomic mass is 10.0. The van der Waals surface area contributed by atoms with Crippen molar-refractivity contribution < 1.29 is 0 Å². The average molecular weight is 149 g/mol. The summed E-state index contributed by atoms with van der Waals surface area (Å²) in [5.74, 6) is 0. The zero-order valence-electron chi connectivity index (χ0n) is 6.95. The third-order valence-electron chi connectivity index (χ3n) is 1.86. The molecule has 1 aliphatic rings. The maximum absolute atomic E-state index is 7.50. The highest BCUT2D eigenvalue weighted by atomic mass is 14.8. The lowest BCUT2D eigenvalue weighted by molar-refractivity contribution is 1.23. The Hall–Kier alpha value is -1.25. The molecule has 0 aromatic rings. The van der Waals surface area contributed by atoms with E-state index in [9.17, 15) is 0 Å². The fourth-order valence-electron chi connectivity index (χ4n) is 0.941. The SMILES string of the molecule is CC1=NC(C)=C(C)C(=N)C1=N. The summed E-state index contributed by atoms with van der Waals surface area (Å²) in [5.41, 5.74) is 2.84. The molecule has 0 aromatic heterocycles. The minimum Gasteiger partial charge on any atom is -0.298 e. The maximum atomic E-state index is 7.50. The van der Waals surface area contributed by atoms with Gasteiger partial charge in [0.05, 0.1) is 11.4 Å². The van der Waals surface area contributed by atoms with Crippen LogP contribution in [0.1, 0.15) is 20.8 Å². The Balaban J connectivity index is 3.22. The average Bonchev–Trinajstić information content (AvgIpc) is 1.97. The molecular formula is C8H11N3. The quantitative estimate of drug-likeness (QED) is 0.527. The molecule has 0 aromatic carbocycles. The Morgan fingerprint density at radius 2 is 1.55 bits per heavy atom. The lowest BCUT2D eigenvalue weighted by Gasteiger charge is -2.13. The van der Waals surface area contributed by atoms with Crippen LogP contribution < -0.4 is 0 Å². The van der Waals surface area contributed by atoms with Crippen molar-refractivity contribution in [2.75, 3.05) is 0 Å². The van der Waals surface area contributed by atoms with Gasteiger partial charge in [-0.15, -0.1) is 0 Å². The zero-order valence-corrected chi connectivity index (χ0v) is 6.95. The summed E-state index contributed by atoms with van der Waals surface area (Å²) in [6, 6.07) is 0. The summed E-state index contributed by atoms with van der Waals surface area (Å²) in [5, 5.41) is 14.9. The van der Waals surface area contributed by atoms with Gasteiger partial charge in [-0.25, -0.2) is 0 Å². The van der Waals surface area contributed by atoms with E-state index in [2.05, 4.69) is 4.99 Å². The van der Waals surface area contributed by atoms with E-state index in [0.29, 0.717) is 11.4 Å². The van der Waals surface area contributed by atoms with Gasteiger partial charge < -0.3 is 0 Å². The molecule has 3 nitrogen and oxygen atoms in total. The molecule has 0 saturated heterocycles. The number of allylic oxidation sites excluding steroid dienone is 2. The molecular weight excluding hydrogens is 138 g/mol. The van der Waals surface area contributed by atoms with Crippen LogP contribution >= 0.6 is 0 Å². The smallest absolute Gasteiger partial charge is 0.100 e. The molecule has 1 rings (SSSR count). The van der Waals surface area contributed by atoms with E-state index >= 15 is 0 Å². The second-order valence-electron chi connectivity index (χ2n) is 2.66. The normalized spacial score (nSPS) is 19.0. The summed E-state index contributed by atoms with van der Waals surface area (Å²) in [6.07, 6.45) is 0. The first kappa shape index (κ1) is 7.85. The fraction of sp³-hybridized carbons (Fsp3) is 0.375. The van der Waals surface area contributed by atoms with E-state index in [1.165, 1.54) is 0 Å². The summed E-state index contributed by atoms with van der Waals surface area (Å²) in [7, 11) is 0. The van der Waals surface area contributed by atoms with Crippen LogP contribution in [0.5, 0.6) is 0 Å². The van der Waals surface area contributed by atoms with Crippen molar-refractivity contribution in [1.29, 1.82) is 10.8 Å². The monoisotopic (exact) mass is 149 g/mol. The van der Waals surface area contributed by atoms with E-state index in [-0.39, 0.29) is 5.71 Å². The minimum absolute atomic E-state index is 0.244. The highest BCUT2D eigenvalue weighted by molar-refractivity contribution is 6.70. The second-order valence-corrected chi connectivity index (χ2v) is 2.66. The molecule has 58 valence electrons. The van der Waals surface area contributed by atoms with Crippen molar-refractivity contribution in [3.8, 4) is 0 Å². The van der Waals surface area contributed by atoms with E-state index in [1.807, 2.05) is 13.8 Å². The van der Waals surface area contributed by atoms with Crippen molar-refractivity contribution in [2.24, 2.45) is 4.99 Å². The Bertz CT molecular complexity index is 290. The molecule has 0 aliphatic carbocycles. The van der Waals surface area contributed by atoms with Gasteiger partial charge in [-0.1, -0.05) is 0 Å². The van der Waals surface area contributed by atoms with Crippen molar-refractivity contribution in [3.05, 3.63) is 11.3 Å². The molecule has 1 aliphatic heterocycles. The van der Waals surface area contributed by atoms with Gasteiger partial charge in [-0.05, 0) is 26.3 Å². The van der Waals surface area contributed by atoms with Gasteiger partial charge in [0, 0.05) is 5.70 Å². The molecule has 0 atom stereocenters. The van der Waals surface area contributed by atoms with Gasteiger partial charge in [0.15, 0.2) is 0 Å². The highest BCUT2D eigenvalue weighted by Gasteiger charge is 2.16. The zero-order chi connectivity index (χ0) is 8.59.